The number of amides is 2. The lowest BCUT2D eigenvalue weighted by molar-refractivity contribution is -0.138. The number of rotatable bonds is 6. The molecule has 1 aromatic heterocycles. The van der Waals surface area contributed by atoms with E-state index >= 15 is 0 Å². The van der Waals surface area contributed by atoms with Crippen LogP contribution < -0.4 is 5.32 Å². The van der Waals surface area contributed by atoms with E-state index in [0.29, 0.717) is 37.5 Å². The number of hydrogen-bond donors (Lipinski definition) is 1. The van der Waals surface area contributed by atoms with Gasteiger partial charge in [-0.3, -0.25) is 14.3 Å². The number of likely N-dealkylation sites (tertiary alicyclic amines) is 1. The lowest BCUT2D eigenvalue weighted by atomic mass is 9.96. The second-order valence-electron chi connectivity index (χ2n) is 7.32. The van der Waals surface area contributed by atoms with Crippen LogP contribution in [0.2, 0.25) is 5.02 Å². The first-order valence-corrected chi connectivity index (χ1v) is 10.1. The highest BCUT2D eigenvalue weighted by Gasteiger charge is 2.30. The second-order valence-corrected chi connectivity index (χ2v) is 7.76. The van der Waals surface area contributed by atoms with E-state index in [1.165, 1.54) is 0 Å². The number of piperidine rings is 1. The highest BCUT2D eigenvalue weighted by atomic mass is 35.5. The standard InChI is InChI=1S/C21H27ClN4O2/c1-4-26-15(3)19(14(2)24-26)11-23-21(28)17-7-10-20(27)25(13-17)12-16-5-8-18(22)9-6-16/h5-6,8-9,17H,4,7,10-13H2,1-3H3,(H,23,28)/t17-/m1/s1. The van der Waals surface area contributed by atoms with Crippen LogP contribution in [0.5, 0.6) is 0 Å². The first-order chi connectivity index (χ1) is 13.4. The normalized spacial score (nSPS) is 17.1. The zero-order chi connectivity index (χ0) is 20.3. The maximum atomic E-state index is 12.7. The summed E-state index contributed by atoms with van der Waals surface area (Å²) in [5, 5.41) is 8.21. The van der Waals surface area contributed by atoms with Gasteiger partial charge in [-0.15, -0.1) is 0 Å². The Kier molecular flexibility index (Phi) is 6.39. The third-order valence-electron chi connectivity index (χ3n) is 5.43. The topological polar surface area (TPSA) is 67.2 Å². The van der Waals surface area contributed by atoms with Gasteiger partial charge in [-0.05, 0) is 44.9 Å². The number of aryl methyl sites for hydroxylation is 2. The van der Waals surface area contributed by atoms with Crippen LogP contribution in [0, 0.1) is 19.8 Å². The quantitative estimate of drug-likeness (QED) is 0.806. The Morgan fingerprint density at radius 2 is 2.00 bits per heavy atom. The van der Waals surface area contributed by atoms with Crippen molar-refractivity contribution in [3.63, 3.8) is 0 Å². The van der Waals surface area contributed by atoms with Crippen molar-refractivity contribution in [2.24, 2.45) is 5.92 Å². The van der Waals surface area contributed by atoms with Gasteiger partial charge in [0.2, 0.25) is 11.8 Å². The van der Waals surface area contributed by atoms with Crippen molar-refractivity contribution in [1.82, 2.24) is 20.0 Å². The maximum absolute atomic E-state index is 12.7. The molecule has 2 amide bonds. The summed E-state index contributed by atoms with van der Waals surface area (Å²) >= 11 is 5.93. The molecule has 1 aromatic carbocycles. The average Bonchev–Trinajstić information content (AvgIpc) is 2.96. The van der Waals surface area contributed by atoms with Gasteiger partial charge in [0.25, 0.3) is 0 Å². The summed E-state index contributed by atoms with van der Waals surface area (Å²) in [6.45, 7) is 8.27. The van der Waals surface area contributed by atoms with Crippen LogP contribution in [0.3, 0.4) is 0 Å². The highest BCUT2D eigenvalue weighted by Crippen LogP contribution is 2.21. The molecule has 150 valence electrons. The van der Waals surface area contributed by atoms with E-state index in [0.717, 1.165) is 29.1 Å². The molecule has 1 fully saturated rings. The Morgan fingerprint density at radius 1 is 1.29 bits per heavy atom. The lowest BCUT2D eigenvalue weighted by Gasteiger charge is -2.32. The Morgan fingerprint density at radius 3 is 2.64 bits per heavy atom. The van der Waals surface area contributed by atoms with E-state index in [9.17, 15) is 9.59 Å². The van der Waals surface area contributed by atoms with Crippen molar-refractivity contribution in [2.75, 3.05) is 6.54 Å². The fourth-order valence-corrected chi connectivity index (χ4v) is 3.84. The van der Waals surface area contributed by atoms with Gasteiger partial charge in [-0.2, -0.15) is 5.10 Å². The Hall–Kier alpha value is -2.34. The molecule has 0 saturated carbocycles. The molecule has 0 spiro atoms. The number of benzene rings is 1. The molecule has 0 bridgehead atoms. The van der Waals surface area contributed by atoms with Crippen LogP contribution in [0.4, 0.5) is 0 Å². The molecule has 2 heterocycles. The van der Waals surface area contributed by atoms with Gasteiger partial charge in [0.05, 0.1) is 11.6 Å². The van der Waals surface area contributed by atoms with Crippen LogP contribution >= 0.6 is 11.6 Å². The van der Waals surface area contributed by atoms with E-state index in [1.54, 1.807) is 4.90 Å². The van der Waals surface area contributed by atoms with Gasteiger partial charge in [0, 0.05) is 48.9 Å². The third kappa shape index (κ3) is 4.55. The van der Waals surface area contributed by atoms with E-state index in [2.05, 4.69) is 17.3 Å². The van der Waals surface area contributed by atoms with Crippen LogP contribution in [-0.4, -0.2) is 33.0 Å². The Labute approximate surface area is 170 Å². The summed E-state index contributed by atoms with van der Waals surface area (Å²) in [6.07, 6.45) is 0.992. The molecule has 28 heavy (non-hydrogen) atoms. The number of halogens is 1. The molecule has 0 unspecified atom stereocenters. The summed E-state index contributed by atoms with van der Waals surface area (Å²) < 4.78 is 1.95. The fourth-order valence-electron chi connectivity index (χ4n) is 3.71. The largest absolute Gasteiger partial charge is 0.352 e. The number of aromatic nitrogens is 2. The molecule has 1 saturated heterocycles. The lowest BCUT2D eigenvalue weighted by Crippen LogP contribution is -2.45. The minimum atomic E-state index is -0.188. The summed E-state index contributed by atoms with van der Waals surface area (Å²) in [4.78, 5) is 26.8. The number of carbonyl (C=O) groups excluding carboxylic acids is 2. The number of nitrogens with zero attached hydrogens (tertiary/aromatic N) is 3. The van der Waals surface area contributed by atoms with Gasteiger partial charge in [0.1, 0.15) is 0 Å². The minimum Gasteiger partial charge on any atom is -0.352 e. The van der Waals surface area contributed by atoms with Gasteiger partial charge in [-0.25, -0.2) is 0 Å². The molecule has 0 radical (unpaired) electrons. The number of hydrogen-bond acceptors (Lipinski definition) is 3. The monoisotopic (exact) mass is 402 g/mol. The highest BCUT2D eigenvalue weighted by molar-refractivity contribution is 6.30. The fraction of sp³-hybridized carbons (Fsp3) is 0.476. The summed E-state index contributed by atoms with van der Waals surface area (Å²) in [7, 11) is 0. The minimum absolute atomic E-state index is 0.00310. The predicted molar refractivity (Wildman–Crippen MR) is 109 cm³/mol. The summed E-state index contributed by atoms with van der Waals surface area (Å²) in [6, 6.07) is 7.46. The SMILES string of the molecule is CCn1nc(C)c(CNC(=O)[C@@H]2CCC(=O)N(Cc3ccc(Cl)cc3)C2)c1C. The van der Waals surface area contributed by atoms with Crippen LogP contribution in [0.25, 0.3) is 0 Å². The van der Waals surface area contributed by atoms with Gasteiger partial charge in [0.15, 0.2) is 0 Å². The molecule has 6 nitrogen and oxygen atoms in total. The summed E-state index contributed by atoms with van der Waals surface area (Å²) in [5.74, 6) is -0.0987. The van der Waals surface area contributed by atoms with Crippen molar-refractivity contribution in [2.45, 2.75) is 53.2 Å². The molecule has 0 aliphatic carbocycles. The van der Waals surface area contributed by atoms with Crippen LogP contribution in [0.15, 0.2) is 24.3 Å². The third-order valence-corrected chi connectivity index (χ3v) is 5.68. The first-order valence-electron chi connectivity index (χ1n) is 9.71. The molecule has 1 aliphatic rings. The van der Waals surface area contributed by atoms with Crippen LogP contribution in [0.1, 0.15) is 42.3 Å². The van der Waals surface area contributed by atoms with Crippen LogP contribution in [-0.2, 0) is 29.2 Å². The van der Waals surface area contributed by atoms with Crippen molar-refractivity contribution < 1.29 is 9.59 Å². The molecule has 1 aliphatic heterocycles. The zero-order valence-electron chi connectivity index (χ0n) is 16.7. The molecular weight excluding hydrogens is 376 g/mol. The van der Waals surface area contributed by atoms with Crippen molar-refractivity contribution in [3.05, 3.63) is 51.8 Å². The zero-order valence-corrected chi connectivity index (χ0v) is 17.4. The van der Waals surface area contributed by atoms with Gasteiger partial charge < -0.3 is 10.2 Å². The van der Waals surface area contributed by atoms with E-state index in [-0.39, 0.29) is 17.7 Å². The Balaban J connectivity index is 1.60. The molecule has 1 atom stereocenters. The molecule has 3 rings (SSSR count). The van der Waals surface area contributed by atoms with E-state index < -0.39 is 0 Å². The first kappa shape index (κ1) is 20.4. The van der Waals surface area contributed by atoms with Crippen molar-refractivity contribution >= 4 is 23.4 Å². The van der Waals surface area contributed by atoms with Crippen molar-refractivity contribution in [1.29, 1.82) is 0 Å². The molecular formula is C21H27ClN4O2. The van der Waals surface area contributed by atoms with Gasteiger partial charge in [-0.1, -0.05) is 23.7 Å². The number of carbonyl (C=O) groups is 2. The van der Waals surface area contributed by atoms with E-state index in [4.69, 9.17) is 11.6 Å². The molecule has 1 N–H and O–H groups in total. The maximum Gasteiger partial charge on any atom is 0.225 e. The van der Waals surface area contributed by atoms with Crippen molar-refractivity contribution in [3.8, 4) is 0 Å². The number of nitrogens with one attached hydrogen (secondary N) is 1. The molecule has 7 heteroatoms. The van der Waals surface area contributed by atoms with E-state index in [1.807, 2.05) is 42.8 Å². The molecule has 2 aromatic rings. The Bertz CT molecular complexity index is 860. The van der Waals surface area contributed by atoms with Gasteiger partial charge >= 0.3 is 0 Å². The average molecular weight is 403 g/mol. The second kappa shape index (κ2) is 8.78. The predicted octanol–water partition coefficient (Wildman–Crippen LogP) is 3.23. The summed E-state index contributed by atoms with van der Waals surface area (Å²) in [5.41, 5.74) is 4.11. The smallest absolute Gasteiger partial charge is 0.225 e.